The molecule has 4 rings (SSSR count). The van der Waals surface area contributed by atoms with Gasteiger partial charge in [-0.2, -0.15) is 0 Å². The molecule has 72 heavy (non-hydrogen) atoms. The Kier molecular flexibility index (Phi) is 23.5. The molecule has 0 fully saturated rings. The quantitative estimate of drug-likeness (QED) is 0.0289. The van der Waals surface area contributed by atoms with E-state index < -0.39 is 35.7 Å². The fourth-order valence-electron chi connectivity index (χ4n) is 6.99. The maximum Gasteiger partial charge on any atom is 0.273 e. The lowest BCUT2D eigenvalue weighted by molar-refractivity contribution is -0.124. The summed E-state index contributed by atoms with van der Waals surface area (Å²) in [5.41, 5.74) is 22.2. The third-order valence-corrected chi connectivity index (χ3v) is 10.7. The summed E-state index contributed by atoms with van der Waals surface area (Å²) in [6, 6.07) is 18.6. The minimum atomic E-state index is -0.895. The van der Waals surface area contributed by atoms with Crippen molar-refractivity contribution in [2.75, 3.05) is 51.2 Å². The van der Waals surface area contributed by atoms with Crippen molar-refractivity contribution in [1.29, 1.82) is 0 Å². The van der Waals surface area contributed by atoms with Gasteiger partial charge < -0.3 is 51.7 Å². The number of carbonyl (C=O) groups excluding carboxylic acids is 8. The highest BCUT2D eigenvalue weighted by Crippen LogP contribution is 2.26. The second-order valence-electron chi connectivity index (χ2n) is 16.6. The molecular weight excluding hydrogens is 933 g/mol. The van der Waals surface area contributed by atoms with Gasteiger partial charge in [0.2, 0.25) is 23.6 Å². The van der Waals surface area contributed by atoms with Crippen molar-refractivity contribution in [2.45, 2.75) is 90.1 Å². The van der Waals surface area contributed by atoms with Crippen LogP contribution in [0.3, 0.4) is 0 Å². The average Bonchev–Trinajstić information content (AvgIpc) is 3.36. The van der Waals surface area contributed by atoms with E-state index >= 15 is 0 Å². The predicted octanol–water partition coefficient (Wildman–Crippen LogP) is 3.24. The van der Waals surface area contributed by atoms with Gasteiger partial charge in [0, 0.05) is 51.2 Å². The summed E-state index contributed by atoms with van der Waals surface area (Å²) < 4.78 is 22.3. The summed E-state index contributed by atoms with van der Waals surface area (Å²) in [6.45, 7) is 4.15. The number of nitrogens with one attached hydrogen (secondary N) is 8. The SMILES string of the molecule is COc1ccc(NC(C)=O)cc1C(=O)NNC(=O)[C@H](N)CCCCNC(=O)CCCOc1ccc2ccc(OCCCC(=O)NCCCC[C@H](N)C(=O)NNC(=O)c3cc(NC(C)=O)ccc3OC)cc2c1. The molecule has 0 spiro atoms. The van der Waals surface area contributed by atoms with Crippen LogP contribution in [0.2, 0.25) is 0 Å². The minimum Gasteiger partial charge on any atom is -0.496 e. The molecule has 0 aliphatic carbocycles. The number of hydrogen-bond acceptors (Lipinski definition) is 14. The van der Waals surface area contributed by atoms with Gasteiger partial charge in [-0.3, -0.25) is 60.1 Å². The van der Waals surface area contributed by atoms with E-state index in [1.54, 1.807) is 12.1 Å². The van der Waals surface area contributed by atoms with Crippen LogP contribution < -0.4 is 73.4 Å². The molecule has 22 heteroatoms. The molecular formula is C50H66N10O12. The Labute approximate surface area is 417 Å². The van der Waals surface area contributed by atoms with Gasteiger partial charge >= 0.3 is 0 Å². The number of rotatable bonds is 28. The van der Waals surface area contributed by atoms with Crippen LogP contribution in [0.25, 0.3) is 10.8 Å². The van der Waals surface area contributed by atoms with Crippen molar-refractivity contribution in [2.24, 2.45) is 11.5 Å². The molecule has 4 aromatic carbocycles. The number of hydrazine groups is 2. The molecule has 0 saturated heterocycles. The van der Waals surface area contributed by atoms with Gasteiger partial charge in [0.25, 0.3) is 23.6 Å². The van der Waals surface area contributed by atoms with Crippen LogP contribution in [-0.4, -0.2) is 99.9 Å². The van der Waals surface area contributed by atoms with Gasteiger partial charge in [-0.15, -0.1) is 0 Å². The van der Waals surface area contributed by atoms with Gasteiger partial charge in [0.1, 0.15) is 23.0 Å². The summed E-state index contributed by atoms with van der Waals surface area (Å²) >= 11 is 0. The van der Waals surface area contributed by atoms with Crippen LogP contribution in [0.5, 0.6) is 23.0 Å². The summed E-state index contributed by atoms with van der Waals surface area (Å²) in [4.78, 5) is 98.0. The normalized spacial score (nSPS) is 11.5. The van der Waals surface area contributed by atoms with E-state index in [2.05, 4.69) is 43.0 Å². The molecule has 0 radical (unpaired) electrons. The zero-order valence-electron chi connectivity index (χ0n) is 41.0. The molecule has 388 valence electrons. The first kappa shape index (κ1) is 56.6. The second kappa shape index (κ2) is 29.9. The summed E-state index contributed by atoms with van der Waals surface area (Å²) in [5, 5.41) is 12.8. The first-order valence-corrected chi connectivity index (χ1v) is 23.5. The van der Waals surface area contributed by atoms with Crippen molar-refractivity contribution < 1.29 is 57.3 Å². The molecule has 0 aromatic heterocycles. The Morgan fingerprint density at radius 1 is 0.500 bits per heavy atom. The largest absolute Gasteiger partial charge is 0.496 e. The molecule has 8 amide bonds. The van der Waals surface area contributed by atoms with Crippen LogP contribution in [0.15, 0.2) is 72.8 Å². The first-order chi connectivity index (χ1) is 34.6. The number of benzene rings is 4. The molecule has 0 aliphatic heterocycles. The van der Waals surface area contributed by atoms with Gasteiger partial charge in [-0.1, -0.05) is 12.1 Å². The Bertz CT molecular complexity index is 2360. The maximum absolute atomic E-state index is 12.7. The number of ether oxygens (including phenoxy) is 4. The van der Waals surface area contributed by atoms with Gasteiger partial charge in [-0.05, 0) is 123 Å². The van der Waals surface area contributed by atoms with Crippen LogP contribution in [0.1, 0.15) is 98.8 Å². The van der Waals surface area contributed by atoms with E-state index in [4.69, 9.17) is 30.4 Å². The molecule has 2 atom stereocenters. The molecule has 0 unspecified atom stereocenters. The second-order valence-corrected chi connectivity index (χ2v) is 16.6. The standard InChI is InChI=1S/C50H66N10O12/c1-31(61)55-35-17-21-43(69-3)39(29-35)47(65)57-59-49(67)41(51)11-5-7-23-53-45(63)13-9-25-71-37-19-15-33-16-20-38(28-34(33)27-37)72-26-10-14-46(64)54-24-8-6-12-42(52)50(68)60-58-48(66)40-30-36(56-32(2)62)18-22-44(40)70-4/h15-22,27-30,41-42H,5-14,23-26,51-52H2,1-4H3,(H,53,63)(H,54,64)(H,55,61)(H,56,62)(H,57,65)(H,58,66)(H,59,67)(H,60,68)/t41-,42+. The molecule has 0 bridgehead atoms. The topological polar surface area (TPSA) is 322 Å². The highest BCUT2D eigenvalue weighted by molar-refractivity contribution is 6.01. The van der Waals surface area contributed by atoms with Crippen LogP contribution >= 0.6 is 0 Å². The van der Waals surface area contributed by atoms with Gasteiger partial charge in [-0.25, -0.2) is 0 Å². The van der Waals surface area contributed by atoms with E-state index in [-0.39, 0.29) is 59.1 Å². The third kappa shape index (κ3) is 19.8. The average molecular weight is 999 g/mol. The van der Waals surface area contributed by atoms with Crippen molar-refractivity contribution in [3.63, 3.8) is 0 Å². The number of amides is 8. The van der Waals surface area contributed by atoms with Gasteiger partial charge in [0.15, 0.2) is 0 Å². The molecule has 0 saturated carbocycles. The molecule has 4 aromatic rings. The zero-order chi connectivity index (χ0) is 52.4. The fraction of sp³-hybridized carbons (Fsp3) is 0.400. The number of nitrogens with two attached hydrogens (primary N) is 2. The monoisotopic (exact) mass is 998 g/mol. The lowest BCUT2D eigenvalue weighted by Gasteiger charge is -2.15. The first-order valence-electron chi connectivity index (χ1n) is 23.5. The van der Waals surface area contributed by atoms with E-state index in [1.165, 1.54) is 52.3 Å². The predicted molar refractivity (Wildman–Crippen MR) is 269 cm³/mol. The van der Waals surface area contributed by atoms with Crippen LogP contribution in [0.4, 0.5) is 11.4 Å². The van der Waals surface area contributed by atoms with Crippen LogP contribution in [-0.2, 0) is 28.8 Å². The molecule has 22 nitrogen and oxygen atoms in total. The van der Waals surface area contributed by atoms with Crippen molar-refractivity contribution >= 4 is 69.4 Å². The highest BCUT2D eigenvalue weighted by atomic mass is 16.5. The van der Waals surface area contributed by atoms with Gasteiger partial charge in [0.05, 0.1) is 50.6 Å². The summed E-state index contributed by atoms with van der Waals surface area (Å²) in [6.07, 6.45) is 4.47. The lowest BCUT2D eigenvalue weighted by Crippen LogP contribution is -2.49. The Balaban J connectivity index is 1.02. The van der Waals surface area contributed by atoms with Crippen LogP contribution in [0, 0.1) is 0 Å². The number of anilines is 2. The smallest absolute Gasteiger partial charge is 0.273 e. The van der Waals surface area contributed by atoms with E-state index in [1.807, 2.05) is 36.4 Å². The van der Waals surface area contributed by atoms with E-state index in [9.17, 15) is 38.4 Å². The number of unbranched alkanes of at least 4 members (excludes halogenated alkanes) is 2. The van der Waals surface area contributed by atoms with E-state index in [0.29, 0.717) is 101 Å². The van der Waals surface area contributed by atoms with Crippen molar-refractivity contribution in [3.05, 3.63) is 83.9 Å². The molecule has 0 heterocycles. The molecule has 12 N–H and O–H groups in total. The Morgan fingerprint density at radius 2 is 0.917 bits per heavy atom. The Hall–Kier alpha value is -7.98. The highest BCUT2D eigenvalue weighted by Gasteiger charge is 2.20. The van der Waals surface area contributed by atoms with E-state index in [0.717, 1.165) is 10.8 Å². The minimum absolute atomic E-state index is 0.101. The van der Waals surface area contributed by atoms with Crippen molar-refractivity contribution in [1.82, 2.24) is 32.3 Å². The number of methoxy groups -OCH3 is 2. The van der Waals surface area contributed by atoms with Crippen molar-refractivity contribution in [3.8, 4) is 23.0 Å². The third-order valence-electron chi connectivity index (χ3n) is 10.7. The Morgan fingerprint density at radius 3 is 1.31 bits per heavy atom. The fourth-order valence-corrected chi connectivity index (χ4v) is 6.99. The number of fused-ring (bicyclic) bond motifs is 1. The summed E-state index contributed by atoms with van der Waals surface area (Å²) in [5.74, 6) is -1.57. The zero-order valence-corrected chi connectivity index (χ0v) is 41.0. The number of carbonyl (C=O) groups is 8. The summed E-state index contributed by atoms with van der Waals surface area (Å²) in [7, 11) is 2.78. The molecule has 0 aliphatic rings. The number of hydrogen-bond donors (Lipinski definition) is 10. The maximum atomic E-state index is 12.7. The lowest BCUT2D eigenvalue weighted by atomic mass is 10.1.